The maximum atomic E-state index is 12.4. The van der Waals surface area contributed by atoms with Crippen LogP contribution in [0.15, 0.2) is 39.1 Å². The first-order valence-corrected chi connectivity index (χ1v) is 9.70. The van der Waals surface area contributed by atoms with Gasteiger partial charge in [0.15, 0.2) is 16.7 Å². The summed E-state index contributed by atoms with van der Waals surface area (Å²) in [5.74, 6) is -2.18. The highest BCUT2D eigenvalue weighted by molar-refractivity contribution is 7.99. The number of aromatic amines is 1. The standard InChI is InChI=1S/C14H15N5O6S2/c1-7(20)16-8-2-4-9(5-3-8)27(24,25)19-11-12(15)17-14(18-13(11)23)26-6-10(21)22/h2-5,19H,6H2,1H3,(H,16,20)(H,21,22)(H3,15,17,18,23). The van der Waals surface area contributed by atoms with E-state index in [0.717, 1.165) is 11.8 Å². The molecule has 1 amide bonds. The van der Waals surface area contributed by atoms with Crippen molar-refractivity contribution >= 4 is 50.9 Å². The van der Waals surface area contributed by atoms with Crippen molar-refractivity contribution < 1.29 is 23.1 Å². The number of sulfonamides is 1. The van der Waals surface area contributed by atoms with Crippen LogP contribution < -0.4 is 21.3 Å². The summed E-state index contributed by atoms with van der Waals surface area (Å²) >= 11 is 0.728. The summed E-state index contributed by atoms with van der Waals surface area (Å²) < 4.78 is 26.9. The fourth-order valence-corrected chi connectivity index (χ4v) is 3.55. The predicted molar refractivity (Wildman–Crippen MR) is 99.2 cm³/mol. The van der Waals surface area contributed by atoms with Crippen molar-refractivity contribution in [3.05, 3.63) is 34.6 Å². The maximum absolute atomic E-state index is 12.4. The van der Waals surface area contributed by atoms with Gasteiger partial charge in [-0.25, -0.2) is 13.4 Å². The number of aliphatic carboxylic acids is 1. The Morgan fingerprint density at radius 1 is 1.30 bits per heavy atom. The molecule has 0 spiro atoms. The van der Waals surface area contributed by atoms with Crippen LogP contribution in [0.4, 0.5) is 17.2 Å². The topological polar surface area (TPSA) is 184 Å². The molecule has 0 aliphatic heterocycles. The zero-order valence-electron chi connectivity index (χ0n) is 13.8. The number of carboxylic acids is 1. The fraction of sp³-hybridized carbons (Fsp3) is 0.143. The molecule has 0 unspecified atom stereocenters. The summed E-state index contributed by atoms with van der Waals surface area (Å²) in [6.45, 7) is 1.31. The first-order valence-electron chi connectivity index (χ1n) is 7.23. The number of hydrogen-bond donors (Lipinski definition) is 5. The molecule has 0 saturated heterocycles. The van der Waals surface area contributed by atoms with E-state index in [9.17, 15) is 22.8 Å². The van der Waals surface area contributed by atoms with Gasteiger partial charge in [-0.15, -0.1) is 0 Å². The second kappa shape index (κ2) is 8.09. The van der Waals surface area contributed by atoms with Gasteiger partial charge >= 0.3 is 5.97 Å². The van der Waals surface area contributed by atoms with Crippen molar-refractivity contribution in [2.24, 2.45) is 0 Å². The van der Waals surface area contributed by atoms with Gasteiger partial charge < -0.3 is 16.2 Å². The van der Waals surface area contributed by atoms with Crippen LogP contribution in [0.5, 0.6) is 0 Å². The highest BCUT2D eigenvalue weighted by atomic mass is 32.2. The zero-order chi connectivity index (χ0) is 20.2. The van der Waals surface area contributed by atoms with E-state index in [1.54, 1.807) is 0 Å². The molecule has 1 heterocycles. The second-order valence-electron chi connectivity index (χ2n) is 5.12. The van der Waals surface area contributed by atoms with Crippen LogP contribution in [0.25, 0.3) is 0 Å². The van der Waals surface area contributed by atoms with Gasteiger partial charge in [0, 0.05) is 12.6 Å². The number of benzene rings is 1. The minimum atomic E-state index is -4.15. The van der Waals surface area contributed by atoms with Gasteiger partial charge in [-0.05, 0) is 24.3 Å². The lowest BCUT2D eigenvalue weighted by Gasteiger charge is -2.10. The molecule has 0 bridgehead atoms. The lowest BCUT2D eigenvalue weighted by molar-refractivity contribution is -0.133. The number of nitrogens with two attached hydrogens (primary N) is 1. The van der Waals surface area contributed by atoms with Gasteiger partial charge in [-0.1, -0.05) is 11.8 Å². The van der Waals surface area contributed by atoms with Crippen LogP contribution in [0.3, 0.4) is 0 Å². The summed E-state index contributed by atoms with van der Waals surface area (Å²) in [5, 5.41) is 11.1. The number of carbonyl (C=O) groups is 2. The molecule has 2 aromatic rings. The first-order chi connectivity index (χ1) is 12.6. The Morgan fingerprint density at radius 3 is 2.44 bits per heavy atom. The number of thioether (sulfide) groups is 1. The van der Waals surface area contributed by atoms with Crippen molar-refractivity contribution in [3.63, 3.8) is 0 Å². The minimum absolute atomic E-state index is 0.0532. The van der Waals surface area contributed by atoms with E-state index in [-0.39, 0.29) is 21.7 Å². The predicted octanol–water partition coefficient (Wildman–Crippen LogP) is 0.288. The van der Waals surface area contributed by atoms with Crippen molar-refractivity contribution in [1.29, 1.82) is 0 Å². The smallest absolute Gasteiger partial charge is 0.313 e. The first kappa shape index (κ1) is 20.3. The number of rotatable bonds is 7. The average molecular weight is 413 g/mol. The molecule has 11 nitrogen and oxygen atoms in total. The molecule has 0 aliphatic carbocycles. The molecule has 0 aliphatic rings. The molecule has 1 aromatic carbocycles. The molecule has 144 valence electrons. The van der Waals surface area contributed by atoms with Crippen LogP contribution in [0.1, 0.15) is 6.92 Å². The monoisotopic (exact) mass is 413 g/mol. The Hall–Kier alpha value is -3.06. The molecular formula is C14H15N5O6S2. The summed E-state index contributed by atoms with van der Waals surface area (Å²) in [5.41, 5.74) is 4.68. The molecule has 0 radical (unpaired) electrons. The van der Waals surface area contributed by atoms with E-state index >= 15 is 0 Å². The van der Waals surface area contributed by atoms with Crippen LogP contribution >= 0.6 is 11.8 Å². The van der Waals surface area contributed by atoms with Gasteiger partial charge in [0.1, 0.15) is 0 Å². The van der Waals surface area contributed by atoms with Crippen molar-refractivity contribution in [2.75, 3.05) is 21.5 Å². The van der Waals surface area contributed by atoms with Crippen molar-refractivity contribution in [3.8, 4) is 0 Å². The number of carboxylic acid groups (broad SMARTS) is 1. The second-order valence-corrected chi connectivity index (χ2v) is 7.77. The van der Waals surface area contributed by atoms with E-state index < -0.39 is 33.1 Å². The molecular weight excluding hydrogens is 398 g/mol. The maximum Gasteiger partial charge on any atom is 0.313 e. The molecule has 0 saturated carbocycles. The summed E-state index contributed by atoms with van der Waals surface area (Å²) in [4.78, 5) is 39.5. The van der Waals surface area contributed by atoms with E-state index in [1.165, 1.54) is 31.2 Å². The largest absolute Gasteiger partial charge is 0.481 e. The fourth-order valence-electron chi connectivity index (χ4n) is 1.88. The number of nitrogen functional groups attached to an aromatic ring is 1. The Balaban J connectivity index is 2.25. The third-order valence-electron chi connectivity index (χ3n) is 2.98. The third kappa shape index (κ3) is 5.46. The van der Waals surface area contributed by atoms with E-state index in [4.69, 9.17) is 10.8 Å². The Morgan fingerprint density at radius 2 is 1.93 bits per heavy atom. The van der Waals surface area contributed by atoms with Crippen LogP contribution in [-0.4, -0.2) is 41.1 Å². The molecule has 13 heteroatoms. The van der Waals surface area contributed by atoms with Gasteiger partial charge in [0.05, 0.1) is 10.6 Å². The van der Waals surface area contributed by atoms with Crippen LogP contribution in [0.2, 0.25) is 0 Å². The lowest BCUT2D eigenvalue weighted by atomic mass is 10.3. The third-order valence-corrected chi connectivity index (χ3v) is 5.20. The number of anilines is 3. The number of hydrogen-bond acceptors (Lipinski definition) is 8. The molecule has 2 rings (SSSR count). The number of H-pyrrole nitrogens is 1. The molecule has 1 aromatic heterocycles. The van der Waals surface area contributed by atoms with Crippen molar-refractivity contribution in [2.45, 2.75) is 17.0 Å². The minimum Gasteiger partial charge on any atom is -0.481 e. The Labute approximate surface area is 157 Å². The average Bonchev–Trinajstić information content (AvgIpc) is 2.56. The molecule has 0 fully saturated rings. The van der Waals surface area contributed by atoms with E-state index in [1.807, 2.05) is 0 Å². The highest BCUT2D eigenvalue weighted by Gasteiger charge is 2.19. The van der Waals surface area contributed by atoms with Gasteiger partial charge in [-0.2, -0.15) is 0 Å². The number of amides is 1. The summed E-state index contributed by atoms with van der Waals surface area (Å²) in [6.07, 6.45) is 0. The molecule has 0 atom stereocenters. The zero-order valence-corrected chi connectivity index (χ0v) is 15.5. The highest BCUT2D eigenvalue weighted by Crippen LogP contribution is 2.21. The lowest BCUT2D eigenvalue weighted by Crippen LogP contribution is -2.23. The summed E-state index contributed by atoms with van der Waals surface area (Å²) in [6, 6.07) is 5.24. The number of nitrogens with zero attached hydrogens (tertiary/aromatic N) is 1. The normalized spacial score (nSPS) is 11.0. The number of carbonyl (C=O) groups excluding carboxylic acids is 1. The Kier molecular flexibility index (Phi) is 6.07. The van der Waals surface area contributed by atoms with Crippen molar-refractivity contribution in [1.82, 2.24) is 9.97 Å². The quantitative estimate of drug-likeness (QED) is 0.314. The summed E-state index contributed by atoms with van der Waals surface area (Å²) in [7, 11) is -4.15. The van der Waals surface area contributed by atoms with Gasteiger partial charge in [0.2, 0.25) is 5.91 Å². The van der Waals surface area contributed by atoms with Gasteiger partial charge in [-0.3, -0.25) is 24.1 Å². The Bertz CT molecular complexity index is 1030. The van der Waals surface area contributed by atoms with Crippen LogP contribution in [-0.2, 0) is 19.6 Å². The molecule has 6 N–H and O–H groups in total. The molecule has 27 heavy (non-hydrogen) atoms. The van der Waals surface area contributed by atoms with Crippen LogP contribution in [0, 0.1) is 0 Å². The number of aromatic nitrogens is 2. The number of nitrogens with one attached hydrogen (secondary N) is 3. The van der Waals surface area contributed by atoms with E-state index in [0.29, 0.717) is 5.69 Å². The van der Waals surface area contributed by atoms with Gasteiger partial charge in [0.25, 0.3) is 15.6 Å². The van der Waals surface area contributed by atoms with E-state index in [2.05, 4.69) is 20.0 Å². The SMILES string of the molecule is CC(=O)Nc1ccc(S(=O)(=O)Nc2c(N)nc(SCC(=O)O)[nH]c2=O)cc1.